The van der Waals surface area contributed by atoms with Crippen molar-refractivity contribution in [1.29, 1.82) is 0 Å². The number of nitrogens with zero attached hydrogens (tertiary/aromatic N) is 1. The highest BCUT2D eigenvalue weighted by atomic mass is 16.7. The molecular formula is C9H19NO2. The Morgan fingerprint density at radius 2 is 2.08 bits per heavy atom. The van der Waals surface area contributed by atoms with Crippen LogP contribution in [-0.2, 0) is 9.47 Å². The van der Waals surface area contributed by atoms with Crippen molar-refractivity contribution in [2.45, 2.75) is 32.6 Å². The Bertz CT molecular complexity index is 142. The fourth-order valence-corrected chi connectivity index (χ4v) is 1.37. The van der Waals surface area contributed by atoms with Gasteiger partial charge < -0.3 is 9.47 Å². The van der Waals surface area contributed by atoms with Crippen molar-refractivity contribution in [3.63, 3.8) is 0 Å². The fraction of sp³-hybridized carbons (Fsp3) is 1.00. The number of hydrogen-bond acceptors (Lipinski definition) is 3. The molecule has 0 bridgehead atoms. The van der Waals surface area contributed by atoms with E-state index in [9.17, 15) is 0 Å². The third-order valence-corrected chi connectivity index (χ3v) is 2.25. The zero-order valence-corrected chi connectivity index (χ0v) is 8.46. The van der Waals surface area contributed by atoms with Gasteiger partial charge in [-0.1, -0.05) is 0 Å². The summed E-state index contributed by atoms with van der Waals surface area (Å²) in [5.41, 5.74) is 0.223. The van der Waals surface area contributed by atoms with Crippen LogP contribution in [0.2, 0.25) is 0 Å². The number of methoxy groups -OCH3 is 1. The molecule has 1 heterocycles. The molecule has 0 spiro atoms. The standard InChI is InChI=1S/C9H19NO2/c1-9(2,3)10-5-6-12-8(7-10)11-4/h8H,5-7H2,1-4H3. The van der Waals surface area contributed by atoms with Gasteiger partial charge in [-0.05, 0) is 20.8 Å². The normalized spacial score (nSPS) is 27.5. The molecule has 72 valence electrons. The van der Waals surface area contributed by atoms with Gasteiger partial charge in [-0.25, -0.2) is 0 Å². The average Bonchev–Trinajstić information content (AvgIpc) is 2.03. The number of rotatable bonds is 1. The van der Waals surface area contributed by atoms with Crippen molar-refractivity contribution >= 4 is 0 Å². The smallest absolute Gasteiger partial charge is 0.169 e. The fourth-order valence-electron chi connectivity index (χ4n) is 1.37. The first-order chi connectivity index (χ1) is 5.54. The van der Waals surface area contributed by atoms with Gasteiger partial charge in [0, 0.05) is 19.2 Å². The van der Waals surface area contributed by atoms with Crippen molar-refractivity contribution < 1.29 is 9.47 Å². The third kappa shape index (κ3) is 2.44. The lowest BCUT2D eigenvalue weighted by Crippen LogP contribution is -2.51. The summed E-state index contributed by atoms with van der Waals surface area (Å²) in [6, 6.07) is 0. The van der Waals surface area contributed by atoms with Crippen LogP contribution in [0.5, 0.6) is 0 Å². The molecule has 1 aliphatic rings. The Morgan fingerprint density at radius 1 is 1.42 bits per heavy atom. The van der Waals surface area contributed by atoms with Crippen LogP contribution < -0.4 is 0 Å². The molecule has 0 aliphatic carbocycles. The average molecular weight is 173 g/mol. The van der Waals surface area contributed by atoms with Gasteiger partial charge in [-0.3, -0.25) is 4.90 Å². The van der Waals surface area contributed by atoms with E-state index >= 15 is 0 Å². The SMILES string of the molecule is COC1CN(C(C)(C)C)CCO1. The predicted molar refractivity (Wildman–Crippen MR) is 48.1 cm³/mol. The zero-order valence-electron chi connectivity index (χ0n) is 8.46. The van der Waals surface area contributed by atoms with Crippen molar-refractivity contribution in [3.05, 3.63) is 0 Å². The van der Waals surface area contributed by atoms with Crippen LogP contribution in [0.15, 0.2) is 0 Å². The van der Waals surface area contributed by atoms with Gasteiger partial charge in [0.15, 0.2) is 6.29 Å². The van der Waals surface area contributed by atoms with Gasteiger partial charge in [0.05, 0.1) is 13.2 Å². The predicted octanol–water partition coefficient (Wildman–Crippen LogP) is 1.09. The third-order valence-electron chi connectivity index (χ3n) is 2.25. The highest BCUT2D eigenvalue weighted by Crippen LogP contribution is 2.17. The first-order valence-electron chi connectivity index (χ1n) is 4.43. The highest BCUT2D eigenvalue weighted by Gasteiger charge is 2.27. The molecule has 0 aromatic rings. The lowest BCUT2D eigenvalue weighted by molar-refractivity contribution is -0.176. The molecule has 1 rings (SSSR count). The number of hydrogen-bond donors (Lipinski definition) is 0. The van der Waals surface area contributed by atoms with Crippen LogP contribution in [0.25, 0.3) is 0 Å². The molecule has 0 N–H and O–H groups in total. The first kappa shape index (κ1) is 9.96. The van der Waals surface area contributed by atoms with Crippen molar-refractivity contribution in [3.8, 4) is 0 Å². The van der Waals surface area contributed by atoms with Crippen molar-refractivity contribution in [2.75, 3.05) is 26.8 Å². The summed E-state index contributed by atoms with van der Waals surface area (Å²) in [4.78, 5) is 2.38. The molecule has 0 saturated carbocycles. The summed E-state index contributed by atoms with van der Waals surface area (Å²) in [5.74, 6) is 0. The Kier molecular flexibility index (Phi) is 3.09. The molecule has 1 fully saturated rings. The van der Waals surface area contributed by atoms with Crippen LogP contribution >= 0.6 is 0 Å². The second-order valence-electron chi connectivity index (χ2n) is 4.15. The maximum atomic E-state index is 5.39. The lowest BCUT2D eigenvalue weighted by Gasteiger charge is -2.40. The molecule has 1 unspecified atom stereocenters. The Labute approximate surface area is 74.6 Å². The monoisotopic (exact) mass is 173 g/mol. The topological polar surface area (TPSA) is 21.7 Å². The minimum Gasteiger partial charge on any atom is -0.355 e. The summed E-state index contributed by atoms with van der Waals surface area (Å²) < 4.78 is 10.5. The van der Waals surface area contributed by atoms with E-state index < -0.39 is 0 Å². The lowest BCUT2D eigenvalue weighted by atomic mass is 10.1. The molecule has 0 aromatic carbocycles. The maximum Gasteiger partial charge on any atom is 0.169 e. The molecule has 3 heteroatoms. The van der Waals surface area contributed by atoms with Crippen LogP contribution in [-0.4, -0.2) is 43.5 Å². The summed E-state index contributed by atoms with van der Waals surface area (Å²) in [6.07, 6.45) is -0.0435. The molecule has 1 atom stereocenters. The molecule has 0 aromatic heterocycles. The minimum absolute atomic E-state index is 0.0435. The minimum atomic E-state index is -0.0435. The van der Waals surface area contributed by atoms with Crippen LogP contribution in [0.3, 0.4) is 0 Å². The molecule has 12 heavy (non-hydrogen) atoms. The van der Waals surface area contributed by atoms with Gasteiger partial charge in [-0.2, -0.15) is 0 Å². The molecule has 1 aliphatic heterocycles. The number of morpholine rings is 1. The van der Waals surface area contributed by atoms with Crippen molar-refractivity contribution in [2.24, 2.45) is 0 Å². The second kappa shape index (κ2) is 3.73. The summed E-state index contributed by atoms with van der Waals surface area (Å²) in [5, 5.41) is 0. The van der Waals surface area contributed by atoms with E-state index in [0.29, 0.717) is 0 Å². The Morgan fingerprint density at radius 3 is 2.58 bits per heavy atom. The van der Waals surface area contributed by atoms with Gasteiger partial charge in [0.2, 0.25) is 0 Å². The van der Waals surface area contributed by atoms with Crippen LogP contribution in [0.4, 0.5) is 0 Å². The van der Waals surface area contributed by atoms with E-state index in [4.69, 9.17) is 9.47 Å². The summed E-state index contributed by atoms with van der Waals surface area (Å²) >= 11 is 0. The van der Waals surface area contributed by atoms with Gasteiger partial charge in [0.1, 0.15) is 0 Å². The van der Waals surface area contributed by atoms with Crippen LogP contribution in [0, 0.1) is 0 Å². The van der Waals surface area contributed by atoms with Gasteiger partial charge in [0.25, 0.3) is 0 Å². The number of ether oxygens (including phenoxy) is 2. The van der Waals surface area contributed by atoms with Gasteiger partial charge in [-0.15, -0.1) is 0 Å². The Balaban J connectivity index is 2.46. The van der Waals surface area contributed by atoms with E-state index in [2.05, 4.69) is 25.7 Å². The van der Waals surface area contributed by atoms with Crippen molar-refractivity contribution in [1.82, 2.24) is 4.90 Å². The van der Waals surface area contributed by atoms with E-state index in [1.54, 1.807) is 7.11 Å². The van der Waals surface area contributed by atoms with E-state index in [-0.39, 0.29) is 11.8 Å². The molecule has 0 amide bonds. The maximum absolute atomic E-state index is 5.39. The molecule has 0 radical (unpaired) electrons. The van der Waals surface area contributed by atoms with E-state index in [1.807, 2.05) is 0 Å². The molecule has 3 nitrogen and oxygen atoms in total. The Hall–Kier alpha value is -0.120. The van der Waals surface area contributed by atoms with E-state index in [0.717, 1.165) is 19.7 Å². The molecular weight excluding hydrogens is 154 g/mol. The largest absolute Gasteiger partial charge is 0.355 e. The summed E-state index contributed by atoms with van der Waals surface area (Å²) in [6.45, 7) is 9.29. The second-order valence-corrected chi connectivity index (χ2v) is 4.15. The highest BCUT2D eigenvalue weighted by molar-refractivity contribution is 4.79. The van der Waals surface area contributed by atoms with Crippen LogP contribution in [0.1, 0.15) is 20.8 Å². The molecule has 1 saturated heterocycles. The zero-order chi connectivity index (χ0) is 9.19. The summed E-state index contributed by atoms with van der Waals surface area (Å²) in [7, 11) is 1.69. The van der Waals surface area contributed by atoms with E-state index in [1.165, 1.54) is 0 Å². The van der Waals surface area contributed by atoms with Gasteiger partial charge >= 0.3 is 0 Å². The quantitative estimate of drug-likeness (QED) is 0.592. The first-order valence-corrected chi connectivity index (χ1v) is 4.43.